The summed E-state index contributed by atoms with van der Waals surface area (Å²) >= 11 is 0. The first-order chi connectivity index (χ1) is 7.74. The molecule has 1 aromatic rings. The molecular formula is C14H23NO. The van der Waals surface area contributed by atoms with Gasteiger partial charge in [0.1, 0.15) is 0 Å². The Morgan fingerprint density at radius 3 is 2.25 bits per heavy atom. The summed E-state index contributed by atoms with van der Waals surface area (Å²) in [7, 11) is 1.85. The second kappa shape index (κ2) is 8.96. The van der Waals surface area contributed by atoms with Gasteiger partial charge < -0.3 is 4.90 Å². The molecule has 16 heavy (non-hydrogen) atoms. The number of nitrogens with zero attached hydrogens (tertiary/aromatic N) is 1. The number of hydrogen-bond donors (Lipinski definition) is 0. The summed E-state index contributed by atoms with van der Waals surface area (Å²) in [5, 5.41) is 0. The van der Waals surface area contributed by atoms with Gasteiger partial charge in [-0.15, -0.1) is 0 Å². The lowest BCUT2D eigenvalue weighted by Crippen LogP contribution is -2.25. The van der Waals surface area contributed by atoms with E-state index < -0.39 is 0 Å². The van der Waals surface area contributed by atoms with Crippen LogP contribution in [0.2, 0.25) is 0 Å². The molecule has 1 amide bonds. The molecule has 0 aliphatic rings. The fraction of sp³-hybridized carbons (Fsp3) is 0.500. The van der Waals surface area contributed by atoms with E-state index >= 15 is 0 Å². The van der Waals surface area contributed by atoms with Gasteiger partial charge in [-0.05, 0) is 12.0 Å². The molecule has 1 aromatic carbocycles. The third kappa shape index (κ3) is 5.54. The van der Waals surface area contributed by atoms with Crippen molar-refractivity contribution in [1.82, 2.24) is 4.90 Å². The largest absolute Gasteiger partial charge is 0.341 e. The van der Waals surface area contributed by atoms with E-state index in [1.54, 1.807) is 4.90 Å². The molecule has 2 nitrogen and oxygen atoms in total. The molecule has 0 spiro atoms. The molecular weight excluding hydrogens is 198 g/mol. The number of amides is 1. The Hall–Kier alpha value is -1.31. The maximum Gasteiger partial charge on any atom is 0.222 e. The molecule has 0 N–H and O–H groups in total. The van der Waals surface area contributed by atoms with Crippen LogP contribution in [0.25, 0.3) is 0 Å². The molecule has 0 heterocycles. The Morgan fingerprint density at radius 1 is 1.19 bits per heavy atom. The van der Waals surface area contributed by atoms with E-state index in [1.165, 1.54) is 5.56 Å². The van der Waals surface area contributed by atoms with Crippen LogP contribution < -0.4 is 0 Å². The fourth-order valence-corrected chi connectivity index (χ4v) is 1.35. The van der Waals surface area contributed by atoms with Crippen molar-refractivity contribution >= 4 is 5.91 Å². The number of hydrogen-bond acceptors (Lipinski definition) is 1. The van der Waals surface area contributed by atoms with Crippen LogP contribution in [0.3, 0.4) is 0 Å². The van der Waals surface area contributed by atoms with Crippen molar-refractivity contribution in [3.8, 4) is 0 Å². The maximum absolute atomic E-state index is 11.5. The molecule has 0 unspecified atom stereocenters. The smallest absolute Gasteiger partial charge is 0.222 e. The molecule has 0 saturated carbocycles. The zero-order valence-electron chi connectivity index (χ0n) is 10.9. The van der Waals surface area contributed by atoms with E-state index in [1.807, 2.05) is 58.2 Å². The second-order valence-corrected chi connectivity index (χ2v) is 3.49. The predicted octanol–water partition coefficient (Wildman–Crippen LogP) is 3.47. The van der Waals surface area contributed by atoms with Crippen molar-refractivity contribution in [2.45, 2.75) is 40.2 Å². The van der Waals surface area contributed by atoms with Gasteiger partial charge in [-0.1, -0.05) is 51.1 Å². The topological polar surface area (TPSA) is 20.3 Å². The number of rotatable bonds is 4. The molecule has 0 atom stereocenters. The average Bonchev–Trinajstić information content (AvgIpc) is 2.33. The molecule has 2 heteroatoms. The summed E-state index contributed by atoms with van der Waals surface area (Å²) in [6.07, 6.45) is 1.56. The van der Waals surface area contributed by atoms with E-state index in [4.69, 9.17) is 0 Å². The molecule has 0 aliphatic carbocycles. The minimum Gasteiger partial charge on any atom is -0.341 e. The van der Waals surface area contributed by atoms with Gasteiger partial charge in [0.25, 0.3) is 0 Å². The third-order valence-corrected chi connectivity index (χ3v) is 2.15. The van der Waals surface area contributed by atoms with Crippen LogP contribution in [-0.4, -0.2) is 17.9 Å². The van der Waals surface area contributed by atoms with Gasteiger partial charge in [-0.3, -0.25) is 4.79 Å². The van der Waals surface area contributed by atoms with E-state index in [-0.39, 0.29) is 5.91 Å². The van der Waals surface area contributed by atoms with Crippen molar-refractivity contribution in [2.24, 2.45) is 0 Å². The third-order valence-electron chi connectivity index (χ3n) is 2.15. The molecule has 0 aromatic heterocycles. The first kappa shape index (κ1) is 14.7. The Bertz CT molecular complexity index is 282. The highest BCUT2D eigenvalue weighted by atomic mass is 16.2. The van der Waals surface area contributed by atoms with Crippen LogP contribution in [0.5, 0.6) is 0 Å². The van der Waals surface area contributed by atoms with Gasteiger partial charge in [0.05, 0.1) is 0 Å². The Labute approximate surface area is 99.3 Å². The zero-order valence-corrected chi connectivity index (χ0v) is 10.9. The first-order valence-corrected chi connectivity index (χ1v) is 6.02. The van der Waals surface area contributed by atoms with Crippen LogP contribution in [0.15, 0.2) is 30.3 Å². The highest BCUT2D eigenvalue weighted by Crippen LogP contribution is 2.04. The van der Waals surface area contributed by atoms with Crippen LogP contribution in [0.4, 0.5) is 0 Å². The van der Waals surface area contributed by atoms with Crippen molar-refractivity contribution in [3.63, 3.8) is 0 Å². The van der Waals surface area contributed by atoms with Crippen LogP contribution in [-0.2, 0) is 11.3 Å². The van der Waals surface area contributed by atoms with Gasteiger partial charge in [0, 0.05) is 20.0 Å². The lowest BCUT2D eigenvalue weighted by molar-refractivity contribution is -0.130. The van der Waals surface area contributed by atoms with Gasteiger partial charge >= 0.3 is 0 Å². The number of carbonyl (C=O) groups is 1. The summed E-state index contributed by atoms with van der Waals surface area (Å²) in [5.74, 6) is 0.219. The molecule has 1 rings (SSSR count). The monoisotopic (exact) mass is 221 g/mol. The molecule has 90 valence electrons. The number of benzene rings is 1. The summed E-state index contributed by atoms with van der Waals surface area (Å²) in [6, 6.07) is 10.0. The van der Waals surface area contributed by atoms with Crippen LogP contribution in [0, 0.1) is 0 Å². The van der Waals surface area contributed by atoms with Gasteiger partial charge in [-0.25, -0.2) is 0 Å². The molecule has 0 bridgehead atoms. The standard InChI is InChI=1S/C12H17NO.C2H6/c1-3-7-12(14)13(2)10-11-8-5-4-6-9-11;1-2/h4-6,8-9H,3,7,10H2,1-2H3;1-2H3. The summed E-state index contributed by atoms with van der Waals surface area (Å²) in [6.45, 7) is 6.73. The van der Waals surface area contributed by atoms with Gasteiger partial charge in [-0.2, -0.15) is 0 Å². The van der Waals surface area contributed by atoms with Crippen LogP contribution in [0.1, 0.15) is 39.2 Å². The van der Waals surface area contributed by atoms with Crippen molar-refractivity contribution in [3.05, 3.63) is 35.9 Å². The molecule has 0 radical (unpaired) electrons. The van der Waals surface area contributed by atoms with Crippen molar-refractivity contribution in [1.29, 1.82) is 0 Å². The van der Waals surface area contributed by atoms with E-state index in [0.717, 1.165) is 6.42 Å². The summed E-state index contributed by atoms with van der Waals surface area (Å²) in [5.41, 5.74) is 1.18. The average molecular weight is 221 g/mol. The molecule has 0 saturated heterocycles. The maximum atomic E-state index is 11.5. The van der Waals surface area contributed by atoms with E-state index in [9.17, 15) is 4.79 Å². The quantitative estimate of drug-likeness (QED) is 0.762. The zero-order chi connectivity index (χ0) is 12.4. The molecule has 0 aliphatic heterocycles. The first-order valence-electron chi connectivity index (χ1n) is 6.02. The van der Waals surface area contributed by atoms with E-state index in [0.29, 0.717) is 13.0 Å². The predicted molar refractivity (Wildman–Crippen MR) is 69.2 cm³/mol. The van der Waals surface area contributed by atoms with Crippen LogP contribution >= 0.6 is 0 Å². The van der Waals surface area contributed by atoms with Gasteiger partial charge in [0.2, 0.25) is 5.91 Å². The Kier molecular flexibility index (Phi) is 8.22. The lowest BCUT2D eigenvalue weighted by atomic mass is 10.2. The summed E-state index contributed by atoms with van der Waals surface area (Å²) < 4.78 is 0. The van der Waals surface area contributed by atoms with Gasteiger partial charge in [0.15, 0.2) is 0 Å². The SMILES string of the molecule is CC.CCCC(=O)N(C)Cc1ccccc1. The highest BCUT2D eigenvalue weighted by molar-refractivity contribution is 5.75. The van der Waals surface area contributed by atoms with Crippen molar-refractivity contribution in [2.75, 3.05) is 7.05 Å². The Balaban J connectivity index is 0.00000106. The fourth-order valence-electron chi connectivity index (χ4n) is 1.35. The normalized spacial score (nSPS) is 9.00. The lowest BCUT2D eigenvalue weighted by Gasteiger charge is -2.16. The second-order valence-electron chi connectivity index (χ2n) is 3.49. The Morgan fingerprint density at radius 2 is 1.75 bits per heavy atom. The highest BCUT2D eigenvalue weighted by Gasteiger charge is 2.06. The minimum atomic E-state index is 0.219. The summed E-state index contributed by atoms with van der Waals surface area (Å²) in [4.78, 5) is 13.2. The minimum absolute atomic E-state index is 0.219. The molecule has 0 fully saturated rings. The van der Waals surface area contributed by atoms with E-state index in [2.05, 4.69) is 0 Å². The number of carbonyl (C=O) groups excluding carboxylic acids is 1. The van der Waals surface area contributed by atoms with Crippen molar-refractivity contribution < 1.29 is 4.79 Å².